The number of pyridine rings is 1. The molecule has 0 fully saturated rings. The van der Waals surface area contributed by atoms with Crippen molar-refractivity contribution in [1.29, 1.82) is 0 Å². The summed E-state index contributed by atoms with van der Waals surface area (Å²) >= 11 is 0. The summed E-state index contributed by atoms with van der Waals surface area (Å²) in [6, 6.07) is 8.74. The monoisotopic (exact) mass is 443 g/mol. The number of halogens is 3. The maximum atomic E-state index is 13.8. The van der Waals surface area contributed by atoms with Crippen molar-refractivity contribution in [3.8, 4) is 0 Å². The Hall–Kier alpha value is -3.36. The van der Waals surface area contributed by atoms with Crippen LogP contribution in [0.15, 0.2) is 48.8 Å². The molecule has 3 aromatic rings. The standard InChI is InChI=1S/C23H24F3N5O/c1-3-15-4-6-16(7-5-15)19-11-20(23(24,25)26)31-21(30-19)18(13-29-31)22(32)28-12-17-10-14(2)8-9-27-17/h4-10,13,19-20,30H,3,11-12H2,1-2H3,(H,28,32). The Labute approximate surface area is 183 Å². The van der Waals surface area contributed by atoms with E-state index in [0.717, 1.165) is 27.8 Å². The first-order chi connectivity index (χ1) is 15.3. The van der Waals surface area contributed by atoms with Crippen LogP contribution in [-0.2, 0) is 13.0 Å². The lowest BCUT2D eigenvalue weighted by molar-refractivity contribution is -0.173. The van der Waals surface area contributed by atoms with E-state index < -0.39 is 24.2 Å². The van der Waals surface area contributed by atoms with Crippen LogP contribution in [0.3, 0.4) is 0 Å². The summed E-state index contributed by atoms with van der Waals surface area (Å²) in [6.07, 6.45) is -1.04. The third kappa shape index (κ3) is 4.46. The lowest BCUT2D eigenvalue weighted by atomic mass is 9.95. The topological polar surface area (TPSA) is 71.8 Å². The summed E-state index contributed by atoms with van der Waals surface area (Å²) in [5, 5.41) is 9.75. The Morgan fingerprint density at radius 3 is 2.66 bits per heavy atom. The van der Waals surface area contributed by atoms with Gasteiger partial charge < -0.3 is 10.6 Å². The fourth-order valence-corrected chi connectivity index (χ4v) is 3.89. The lowest BCUT2D eigenvalue weighted by Crippen LogP contribution is -2.36. The van der Waals surface area contributed by atoms with Gasteiger partial charge in [-0.15, -0.1) is 0 Å². The molecule has 1 aliphatic rings. The first-order valence-electron chi connectivity index (χ1n) is 10.5. The van der Waals surface area contributed by atoms with E-state index in [1.807, 2.05) is 50.2 Å². The lowest BCUT2D eigenvalue weighted by Gasteiger charge is -2.34. The molecule has 1 amide bonds. The minimum absolute atomic E-state index is 0.0674. The number of fused-ring (bicyclic) bond motifs is 1. The van der Waals surface area contributed by atoms with Crippen LogP contribution in [-0.4, -0.2) is 26.8 Å². The molecular formula is C23H24F3N5O. The van der Waals surface area contributed by atoms with E-state index in [9.17, 15) is 18.0 Å². The summed E-state index contributed by atoms with van der Waals surface area (Å²) < 4.78 is 42.4. The number of rotatable bonds is 5. The van der Waals surface area contributed by atoms with E-state index in [0.29, 0.717) is 5.69 Å². The number of aryl methyl sites for hydroxylation is 2. The third-order valence-corrected chi connectivity index (χ3v) is 5.68. The highest BCUT2D eigenvalue weighted by Gasteiger charge is 2.47. The van der Waals surface area contributed by atoms with Gasteiger partial charge in [0, 0.05) is 12.6 Å². The summed E-state index contributed by atoms with van der Waals surface area (Å²) in [6.45, 7) is 4.09. The number of carbonyl (C=O) groups excluding carboxylic acids is 1. The molecule has 168 valence electrons. The normalized spacial score (nSPS) is 18.0. The van der Waals surface area contributed by atoms with Crippen LogP contribution in [0.5, 0.6) is 0 Å². The zero-order valence-corrected chi connectivity index (χ0v) is 17.8. The van der Waals surface area contributed by atoms with Gasteiger partial charge in [-0.1, -0.05) is 31.2 Å². The van der Waals surface area contributed by atoms with Gasteiger partial charge in [-0.05, 0) is 42.2 Å². The highest BCUT2D eigenvalue weighted by molar-refractivity contribution is 5.98. The number of amides is 1. The van der Waals surface area contributed by atoms with Gasteiger partial charge in [0.25, 0.3) is 5.91 Å². The molecule has 2 N–H and O–H groups in total. The van der Waals surface area contributed by atoms with Gasteiger partial charge in [0.1, 0.15) is 11.4 Å². The molecule has 0 saturated heterocycles. The molecule has 0 bridgehead atoms. The molecule has 2 aromatic heterocycles. The largest absolute Gasteiger partial charge is 0.410 e. The van der Waals surface area contributed by atoms with E-state index in [4.69, 9.17) is 0 Å². The van der Waals surface area contributed by atoms with Crippen LogP contribution < -0.4 is 10.6 Å². The molecule has 9 heteroatoms. The van der Waals surface area contributed by atoms with Crippen LogP contribution in [0.1, 0.15) is 58.2 Å². The van der Waals surface area contributed by atoms with Crippen LogP contribution >= 0.6 is 0 Å². The minimum atomic E-state index is -4.50. The van der Waals surface area contributed by atoms with E-state index >= 15 is 0 Å². The van der Waals surface area contributed by atoms with Gasteiger partial charge in [0.2, 0.25) is 0 Å². The molecule has 0 spiro atoms. The SMILES string of the molecule is CCc1ccc(C2CC(C(F)(F)F)n3ncc(C(=O)NCc4cc(C)ccn4)c3N2)cc1. The quantitative estimate of drug-likeness (QED) is 0.598. The minimum Gasteiger partial charge on any atom is -0.363 e. The Kier molecular flexibility index (Phi) is 5.90. The van der Waals surface area contributed by atoms with Gasteiger partial charge in [-0.25, -0.2) is 4.68 Å². The van der Waals surface area contributed by atoms with Gasteiger partial charge in [-0.2, -0.15) is 18.3 Å². The second-order valence-corrected chi connectivity index (χ2v) is 7.94. The second-order valence-electron chi connectivity index (χ2n) is 7.94. The molecule has 2 atom stereocenters. The van der Waals surface area contributed by atoms with Crippen LogP contribution in [0, 0.1) is 6.92 Å². The van der Waals surface area contributed by atoms with Crippen LogP contribution in [0.25, 0.3) is 0 Å². The maximum Gasteiger partial charge on any atom is 0.410 e. The molecule has 0 aliphatic carbocycles. The van der Waals surface area contributed by atoms with Gasteiger partial charge in [0.05, 0.1) is 24.5 Å². The number of aromatic nitrogens is 3. The number of benzene rings is 1. The van der Waals surface area contributed by atoms with Crippen molar-refractivity contribution >= 4 is 11.7 Å². The predicted molar refractivity (Wildman–Crippen MR) is 114 cm³/mol. The second kappa shape index (κ2) is 8.64. The number of nitrogens with zero attached hydrogens (tertiary/aromatic N) is 3. The van der Waals surface area contributed by atoms with Crippen molar-refractivity contribution in [1.82, 2.24) is 20.1 Å². The summed E-state index contributed by atoms with van der Waals surface area (Å²) in [7, 11) is 0. The molecule has 2 unspecified atom stereocenters. The molecule has 4 rings (SSSR count). The smallest absolute Gasteiger partial charge is 0.363 e. The number of carbonyl (C=O) groups is 1. The number of hydrogen-bond donors (Lipinski definition) is 2. The average Bonchev–Trinajstić information content (AvgIpc) is 3.20. The summed E-state index contributed by atoms with van der Waals surface area (Å²) in [5.74, 6) is -0.442. The molecule has 0 saturated carbocycles. The van der Waals surface area contributed by atoms with Crippen molar-refractivity contribution in [2.45, 2.75) is 51.5 Å². The van der Waals surface area contributed by atoms with Crippen molar-refractivity contribution in [2.75, 3.05) is 5.32 Å². The van der Waals surface area contributed by atoms with E-state index in [1.165, 1.54) is 6.20 Å². The maximum absolute atomic E-state index is 13.8. The Bertz CT molecular complexity index is 1110. The molecule has 6 nitrogen and oxygen atoms in total. The van der Waals surface area contributed by atoms with E-state index in [1.54, 1.807) is 6.20 Å². The highest BCUT2D eigenvalue weighted by atomic mass is 19.4. The molecule has 1 aliphatic heterocycles. The van der Waals surface area contributed by atoms with Crippen molar-refractivity contribution < 1.29 is 18.0 Å². The molecule has 32 heavy (non-hydrogen) atoms. The highest BCUT2D eigenvalue weighted by Crippen LogP contribution is 2.44. The predicted octanol–water partition coefficient (Wildman–Crippen LogP) is 4.74. The zero-order valence-electron chi connectivity index (χ0n) is 17.8. The molecule has 1 aromatic carbocycles. The molecular weight excluding hydrogens is 419 g/mol. The average molecular weight is 443 g/mol. The first-order valence-corrected chi connectivity index (χ1v) is 10.5. The van der Waals surface area contributed by atoms with Gasteiger partial charge in [0.15, 0.2) is 6.04 Å². The fraction of sp³-hybridized carbons (Fsp3) is 0.348. The van der Waals surface area contributed by atoms with E-state index in [-0.39, 0.29) is 24.3 Å². The summed E-state index contributed by atoms with van der Waals surface area (Å²) in [4.78, 5) is 17.0. The number of alkyl halides is 3. The Balaban J connectivity index is 1.61. The zero-order chi connectivity index (χ0) is 22.9. The van der Waals surface area contributed by atoms with Gasteiger partial charge >= 0.3 is 6.18 Å². The Morgan fingerprint density at radius 1 is 1.25 bits per heavy atom. The number of hydrogen-bond acceptors (Lipinski definition) is 4. The molecule has 3 heterocycles. The van der Waals surface area contributed by atoms with Gasteiger partial charge in [-0.3, -0.25) is 9.78 Å². The van der Waals surface area contributed by atoms with Crippen molar-refractivity contribution in [2.24, 2.45) is 0 Å². The first kappa shape index (κ1) is 21.9. The summed E-state index contributed by atoms with van der Waals surface area (Å²) in [5.41, 5.74) is 3.57. The van der Waals surface area contributed by atoms with Crippen molar-refractivity contribution in [3.63, 3.8) is 0 Å². The number of anilines is 1. The Morgan fingerprint density at radius 2 is 2.00 bits per heavy atom. The molecule has 0 radical (unpaired) electrons. The number of nitrogens with one attached hydrogen (secondary N) is 2. The van der Waals surface area contributed by atoms with Crippen LogP contribution in [0.2, 0.25) is 0 Å². The van der Waals surface area contributed by atoms with Crippen molar-refractivity contribution in [3.05, 3.63) is 76.7 Å². The van der Waals surface area contributed by atoms with Crippen LogP contribution in [0.4, 0.5) is 19.0 Å². The third-order valence-electron chi connectivity index (χ3n) is 5.68. The van der Waals surface area contributed by atoms with E-state index in [2.05, 4.69) is 20.7 Å². The fourth-order valence-electron chi connectivity index (χ4n) is 3.89.